The van der Waals surface area contributed by atoms with Crippen molar-refractivity contribution < 1.29 is 8.78 Å². The van der Waals surface area contributed by atoms with E-state index in [0.717, 1.165) is 17.3 Å². The molecule has 1 aromatic carbocycles. The average Bonchev–Trinajstić information content (AvgIpc) is 2.62. The topological polar surface area (TPSA) is 43.8 Å². The van der Waals surface area contributed by atoms with Gasteiger partial charge in [0.25, 0.3) is 0 Å². The Morgan fingerprint density at radius 2 is 2.11 bits per heavy atom. The molecular formula is C13H15F2N3. The van der Waals surface area contributed by atoms with Crippen LogP contribution in [-0.4, -0.2) is 9.78 Å². The number of hydrogen-bond donors (Lipinski definition) is 1. The summed E-state index contributed by atoms with van der Waals surface area (Å²) in [5.74, 6) is -1.15. The highest BCUT2D eigenvalue weighted by Crippen LogP contribution is 2.20. The summed E-state index contributed by atoms with van der Waals surface area (Å²) in [5, 5.41) is 4.10. The van der Waals surface area contributed by atoms with Crippen LogP contribution in [0.4, 0.5) is 8.78 Å². The standard InChI is InChI=1S/C13H15F2N3/c1-8-7-17-18(2)13(8)12(16)5-9-3-4-10(14)6-11(9)15/h3-4,6-7,12H,5,16H2,1-2H3. The molecule has 2 rings (SSSR count). The highest BCUT2D eigenvalue weighted by Gasteiger charge is 2.16. The third-order valence-electron chi connectivity index (χ3n) is 2.98. The lowest BCUT2D eigenvalue weighted by molar-refractivity contribution is 0.553. The number of rotatable bonds is 3. The van der Waals surface area contributed by atoms with Gasteiger partial charge in [-0.15, -0.1) is 0 Å². The van der Waals surface area contributed by atoms with Crippen molar-refractivity contribution in [3.63, 3.8) is 0 Å². The van der Waals surface area contributed by atoms with E-state index in [1.165, 1.54) is 12.1 Å². The van der Waals surface area contributed by atoms with E-state index in [4.69, 9.17) is 5.73 Å². The second kappa shape index (κ2) is 4.86. The maximum atomic E-state index is 13.5. The molecular weight excluding hydrogens is 236 g/mol. The van der Waals surface area contributed by atoms with Crippen molar-refractivity contribution in [1.82, 2.24) is 9.78 Å². The molecule has 1 heterocycles. The van der Waals surface area contributed by atoms with Crippen LogP contribution < -0.4 is 5.73 Å². The molecule has 2 N–H and O–H groups in total. The van der Waals surface area contributed by atoms with E-state index in [-0.39, 0.29) is 6.04 Å². The van der Waals surface area contributed by atoms with Crippen molar-refractivity contribution in [2.24, 2.45) is 12.8 Å². The van der Waals surface area contributed by atoms with Gasteiger partial charge in [-0.2, -0.15) is 5.10 Å². The Labute approximate surface area is 104 Å². The predicted octanol–water partition coefficient (Wildman–Crippen LogP) is 2.25. The molecule has 18 heavy (non-hydrogen) atoms. The second-order valence-electron chi connectivity index (χ2n) is 4.38. The molecule has 2 aromatic rings. The van der Waals surface area contributed by atoms with Crippen LogP contribution >= 0.6 is 0 Å². The summed E-state index contributed by atoms with van der Waals surface area (Å²) in [4.78, 5) is 0. The van der Waals surface area contributed by atoms with Gasteiger partial charge in [0.1, 0.15) is 11.6 Å². The van der Waals surface area contributed by atoms with Crippen molar-refractivity contribution in [3.05, 3.63) is 52.9 Å². The number of aryl methyl sites for hydroxylation is 2. The van der Waals surface area contributed by atoms with Crippen molar-refractivity contribution in [2.45, 2.75) is 19.4 Å². The number of hydrogen-bond acceptors (Lipinski definition) is 2. The van der Waals surface area contributed by atoms with Crippen LogP contribution in [0.2, 0.25) is 0 Å². The first kappa shape index (κ1) is 12.7. The van der Waals surface area contributed by atoms with Gasteiger partial charge in [0.05, 0.1) is 17.9 Å². The van der Waals surface area contributed by atoms with Gasteiger partial charge in [-0.25, -0.2) is 8.78 Å². The minimum atomic E-state index is -0.582. The van der Waals surface area contributed by atoms with Gasteiger partial charge in [-0.1, -0.05) is 6.07 Å². The molecule has 0 fully saturated rings. The number of aromatic nitrogens is 2. The smallest absolute Gasteiger partial charge is 0.129 e. The average molecular weight is 251 g/mol. The summed E-state index contributed by atoms with van der Waals surface area (Å²) in [6, 6.07) is 3.17. The Bertz CT molecular complexity index is 544. The Hall–Kier alpha value is -1.75. The van der Waals surface area contributed by atoms with Crippen LogP contribution in [0.25, 0.3) is 0 Å². The molecule has 0 aliphatic carbocycles. The number of halogens is 2. The first-order chi connectivity index (χ1) is 8.49. The molecule has 5 heteroatoms. The van der Waals surface area contributed by atoms with Crippen LogP contribution in [0.1, 0.15) is 22.9 Å². The van der Waals surface area contributed by atoms with E-state index < -0.39 is 11.6 Å². The second-order valence-corrected chi connectivity index (χ2v) is 4.38. The van der Waals surface area contributed by atoms with E-state index in [1.54, 1.807) is 17.9 Å². The lowest BCUT2D eigenvalue weighted by Crippen LogP contribution is -2.18. The molecule has 1 aromatic heterocycles. The van der Waals surface area contributed by atoms with Crippen molar-refractivity contribution >= 4 is 0 Å². The molecule has 0 aliphatic rings. The fourth-order valence-corrected chi connectivity index (χ4v) is 2.11. The van der Waals surface area contributed by atoms with Crippen LogP contribution in [-0.2, 0) is 13.5 Å². The largest absolute Gasteiger partial charge is 0.322 e. The van der Waals surface area contributed by atoms with Crippen LogP contribution in [0.3, 0.4) is 0 Å². The Balaban J connectivity index is 2.24. The lowest BCUT2D eigenvalue weighted by Gasteiger charge is -2.14. The SMILES string of the molecule is Cc1cnn(C)c1C(N)Cc1ccc(F)cc1F. The maximum Gasteiger partial charge on any atom is 0.129 e. The van der Waals surface area contributed by atoms with Crippen LogP contribution in [0.5, 0.6) is 0 Å². The lowest BCUT2D eigenvalue weighted by atomic mass is 10.0. The molecule has 0 saturated carbocycles. The van der Waals surface area contributed by atoms with Crippen molar-refractivity contribution in [3.8, 4) is 0 Å². The molecule has 3 nitrogen and oxygen atoms in total. The van der Waals surface area contributed by atoms with Crippen LogP contribution in [0, 0.1) is 18.6 Å². The first-order valence-electron chi connectivity index (χ1n) is 5.67. The fourth-order valence-electron chi connectivity index (χ4n) is 2.11. The van der Waals surface area contributed by atoms with Crippen molar-refractivity contribution in [1.29, 1.82) is 0 Å². The molecule has 0 saturated heterocycles. The third kappa shape index (κ3) is 2.41. The van der Waals surface area contributed by atoms with E-state index >= 15 is 0 Å². The Morgan fingerprint density at radius 1 is 1.39 bits per heavy atom. The summed E-state index contributed by atoms with van der Waals surface area (Å²) in [6.45, 7) is 1.91. The minimum absolute atomic E-state index is 0.312. The third-order valence-corrected chi connectivity index (χ3v) is 2.98. The zero-order valence-electron chi connectivity index (χ0n) is 10.3. The normalized spacial score (nSPS) is 12.7. The summed E-state index contributed by atoms with van der Waals surface area (Å²) >= 11 is 0. The molecule has 0 aliphatic heterocycles. The van der Waals surface area contributed by atoms with E-state index in [2.05, 4.69) is 5.10 Å². The summed E-state index contributed by atoms with van der Waals surface area (Å²) in [6.07, 6.45) is 2.03. The molecule has 1 unspecified atom stereocenters. The van der Waals surface area contributed by atoms with Gasteiger partial charge in [0.15, 0.2) is 0 Å². The monoisotopic (exact) mass is 251 g/mol. The predicted molar refractivity (Wildman–Crippen MR) is 64.9 cm³/mol. The summed E-state index contributed by atoms with van der Waals surface area (Å²) in [7, 11) is 1.79. The molecule has 0 radical (unpaired) electrons. The summed E-state index contributed by atoms with van der Waals surface area (Å²) in [5.41, 5.74) is 8.29. The van der Waals surface area contributed by atoms with Gasteiger partial charge in [0.2, 0.25) is 0 Å². The number of benzene rings is 1. The molecule has 96 valence electrons. The Kier molecular flexibility index (Phi) is 3.43. The van der Waals surface area contributed by atoms with Gasteiger partial charge >= 0.3 is 0 Å². The zero-order chi connectivity index (χ0) is 13.3. The molecule has 0 bridgehead atoms. The van der Waals surface area contributed by atoms with Gasteiger partial charge in [-0.05, 0) is 30.5 Å². The van der Waals surface area contributed by atoms with Crippen LogP contribution in [0.15, 0.2) is 24.4 Å². The first-order valence-corrected chi connectivity index (χ1v) is 5.67. The highest BCUT2D eigenvalue weighted by atomic mass is 19.1. The number of nitrogens with two attached hydrogens (primary N) is 1. The number of nitrogens with zero attached hydrogens (tertiary/aromatic N) is 2. The molecule has 1 atom stereocenters. The van der Waals surface area contributed by atoms with E-state index in [9.17, 15) is 8.78 Å². The molecule has 0 spiro atoms. The minimum Gasteiger partial charge on any atom is -0.322 e. The quantitative estimate of drug-likeness (QED) is 0.909. The maximum absolute atomic E-state index is 13.5. The van der Waals surface area contributed by atoms with Crippen molar-refractivity contribution in [2.75, 3.05) is 0 Å². The summed E-state index contributed by atoms with van der Waals surface area (Å²) < 4.78 is 28.0. The van der Waals surface area contributed by atoms with Gasteiger partial charge in [0, 0.05) is 13.1 Å². The molecule has 0 amide bonds. The highest BCUT2D eigenvalue weighted by molar-refractivity contribution is 5.25. The fraction of sp³-hybridized carbons (Fsp3) is 0.308. The van der Waals surface area contributed by atoms with Gasteiger partial charge < -0.3 is 5.73 Å². The van der Waals surface area contributed by atoms with E-state index in [0.29, 0.717) is 12.0 Å². The Morgan fingerprint density at radius 3 is 2.67 bits per heavy atom. The van der Waals surface area contributed by atoms with E-state index in [1.807, 2.05) is 6.92 Å². The van der Waals surface area contributed by atoms with Gasteiger partial charge in [-0.3, -0.25) is 4.68 Å². The zero-order valence-corrected chi connectivity index (χ0v) is 10.3.